The first kappa shape index (κ1) is 15.0. The van der Waals surface area contributed by atoms with Gasteiger partial charge in [-0.25, -0.2) is 4.98 Å². The molecule has 0 radical (unpaired) electrons. The fourth-order valence-electron chi connectivity index (χ4n) is 1.69. The van der Waals surface area contributed by atoms with Crippen molar-refractivity contribution < 1.29 is 19.4 Å². The number of methoxy groups -OCH3 is 1. The van der Waals surface area contributed by atoms with E-state index in [4.69, 9.17) is 9.84 Å². The third-order valence-corrected chi connectivity index (χ3v) is 3.46. The van der Waals surface area contributed by atoms with Crippen LogP contribution in [0.25, 0.3) is 0 Å². The number of carboxylic acids is 1. The molecule has 1 aromatic heterocycles. The van der Waals surface area contributed by atoms with Gasteiger partial charge in [-0.1, -0.05) is 12.1 Å². The molecule has 7 heteroatoms. The summed E-state index contributed by atoms with van der Waals surface area (Å²) in [4.78, 5) is 26.5. The van der Waals surface area contributed by atoms with Crippen LogP contribution in [0.5, 0.6) is 5.75 Å². The maximum Gasteiger partial charge on any atom is 0.309 e. The lowest BCUT2D eigenvalue weighted by molar-refractivity contribution is -0.136. The zero-order chi connectivity index (χ0) is 15.2. The molecule has 1 amide bonds. The third-order valence-electron chi connectivity index (χ3n) is 2.65. The average molecular weight is 306 g/mol. The van der Waals surface area contributed by atoms with Crippen molar-refractivity contribution in [2.75, 3.05) is 12.4 Å². The number of aliphatic carboxylic acids is 1. The summed E-state index contributed by atoms with van der Waals surface area (Å²) in [7, 11) is 1.58. The Morgan fingerprint density at radius 3 is 2.62 bits per heavy atom. The Labute approximate surface area is 125 Å². The molecule has 1 heterocycles. The lowest BCUT2D eigenvalue weighted by Crippen LogP contribution is -2.14. The minimum Gasteiger partial charge on any atom is -0.497 e. The first-order valence-electron chi connectivity index (χ1n) is 6.16. The van der Waals surface area contributed by atoms with Gasteiger partial charge in [0.2, 0.25) is 5.91 Å². The number of nitrogens with zero attached hydrogens (tertiary/aromatic N) is 1. The highest BCUT2D eigenvalue weighted by Crippen LogP contribution is 2.17. The standard InChI is InChI=1S/C14H14N2O4S/c1-20-11-4-2-9(3-5-11)6-12(17)16-14-15-10(8-21-14)7-13(18)19/h2-5,8H,6-7H2,1H3,(H,18,19)(H,15,16,17). The maximum absolute atomic E-state index is 11.9. The van der Waals surface area contributed by atoms with Crippen molar-refractivity contribution in [2.24, 2.45) is 0 Å². The quantitative estimate of drug-likeness (QED) is 0.851. The SMILES string of the molecule is COc1ccc(CC(=O)Nc2nc(CC(=O)O)cs2)cc1. The van der Waals surface area contributed by atoms with Crippen LogP contribution in [-0.2, 0) is 22.4 Å². The normalized spacial score (nSPS) is 10.1. The Hall–Kier alpha value is -2.41. The summed E-state index contributed by atoms with van der Waals surface area (Å²) in [6.07, 6.45) is 0.0721. The topological polar surface area (TPSA) is 88.5 Å². The van der Waals surface area contributed by atoms with Gasteiger partial charge in [-0.3, -0.25) is 9.59 Å². The number of aromatic nitrogens is 1. The van der Waals surface area contributed by atoms with Gasteiger partial charge in [-0.15, -0.1) is 11.3 Å². The first-order valence-corrected chi connectivity index (χ1v) is 7.04. The van der Waals surface area contributed by atoms with Crippen LogP contribution < -0.4 is 10.1 Å². The molecule has 2 aromatic rings. The molecule has 21 heavy (non-hydrogen) atoms. The Bertz CT molecular complexity index is 637. The second kappa shape index (κ2) is 6.85. The van der Waals surface area contributed by atoms with Crippen LogP contribution in [0.2, 0.25) is 0 Å². The van der Waals surface area contributed by atoms with Gasteiger partial charge in [0.1, 0.15) is 5.75 Å². The van der Waals surface area contributed by atoms with Gasteiger partial charge in [-0.2, -0.15) is 0 Å². The molecule has 0 atom stereocenters. The highest BCUT2D eigenvalue weighted by Gasteiger charge is 2.09. The number of ether oxygens (including phenoxy) is 1. The second-order valence-electron chi connectivity index (χ2n) is 4.29. The second-order valence-corrected chi connectivity index (χ2v) is 5.15. The van der Waals surface area contributed by atoms with Crippen LogP contribution in [0.3, 0.4) is 0 Å². The zero-order valence-corrected chi connectivity index (χ0v) is 12.1. The molecule has 2 rings (SSSR count). The van der Waals surface area contributed by atoms with Gasteiger partial charge in [-0.05, 0) is 17.7 Å². The van der Waals surface area contributed by atoms with Crippen molar-refractivity contribution >= 4 is 28.3 Å². The highest BCUT2D eigenvalue weighted by atomic mass is 32.1. The van der Waals surface area contributed by atoms with E-state index in [2.05, 4.69) is 10.3 Å². The van der Waals surface area contributed by atoms with E-state index >= 15 is 0 Å². The molecule has 0 aliphatic carbocycles. The highest BCUT2D eigenvalue weighted by molar-refractivity contribution is 7.13. The first-order chi connectivity index (χ1) is 10.1. The van der Waals surface area contributed by atoms with E-state index in [1.165, 1.54) is 11.3 Å². The van der Waals surface area contributed by atoms with Gasteiger partial charge in [0.15, 0.2) is 5.13 Å². The Morgan fingerprint density at radius 1 is 1.29 bits per heavy atom. The van der Waals surface area contributed by atoms with E-state index < -0.39 is 5.97 Å². The number of anilines is 1. The number of nitrogens with one attached hydrogen (secondary N) is 1. The van der Waals surface area contributed by atoms with Crippen molar-refractivity contribution in [3.63, 3.8) is 0 Å². The van der Waals surface area contributed by atoms with Crippen LogP contribution in [0, 0.1) is 0 Å². The minimum atomic E-state index is -0.948. The van der Waals surface area contributed by atoms with Crippen LogP contribution in [0.1, 0.15) is 11.3 Å². The van der Waals surface area contributed by atoms with Gasteiger partial charge < -0.3 is 15.2 Å². The van der Waals surface area contributed by atoms with E-state index in [1.807, 2.05) is 12.1 Å². The van der Waals surface area contributed by atoms with Gasteiger partial charge in [0.05, 0.1) is 25.6 Å². The zero-order valence-electron chi connectivity index (χ0n) is 11.3. The van der Waals surface area contributed by atoms with E-state index in [-0.39, 0.29) is 18.7 Å². The summed E-state index contributed by atoms with van der Waals surface area (Å²) in [5, 5.41) is 13.3. The molecule has 6 nitrogen and oxygen atoms in total. The summed E-state index contributed by atoms with van der Waals surface area (Å²) in [6, 6.07) is 7.21. The van der Waals surface area contributed by atoms with Crippen molar-refractivity contribution in [1.82, 2.24) is 4.98 Å². The number of amides is 1. The number of hydrogen-bond donors (Lipinski definition) is 2. The van der Waals surface area contributed by atoms with E-state index in [9.17, 15) is 9.59 Å². The molecule has 0 aliphatic rings. The fraction of sp³-hybridized carbons (Fsp3) is 0.214. The molecular formula is C14H14N2O4S. The van der Waals surface area contributed by atoms with Gasteiger partial charge in [0.25, 0.3) is 0 Å². The lowest BCUT2D eigenvalue weighted by atomic mass is 10.1. The molecule has 0 saturated heterocycles. The predicted octanol–water partition coefficient (Wildman–Crippen LogP) is 1.96. The summed E-state index contributed by atoms with van der Waals surface area (Å²) < 4.78 is 5.05. The molecule has 2 N–H and O–H groups in total. The van der Waals surface area contributed by atoms with Crippen LogP contribution in [0.15, 0.2) is 29.6 Å². The van der Waals surface area contributed by atoms with E-state index in [1.54, 1.807) is 24.6 Å². The largest absolute Gasteiger partial charge is 0.497 e. The molecular weight excluding hydrogens is 292 g/mol. The number of carbonyl (C=O) groups is 2. The Balaban J connectivity index is 1.91. The van der Waals surface area contributed by atoms with Crippen molar-refractivity contribution in [3.05, 3.63) is 40.9 Å². The molecule has 110 valence electrons. The maximum atomic E-state index is 11.9. The Kier molecular flexibility index (Phi) is 4.89. The van der Waals surface area contributed by atoms with E-state index in [0.29, 0.717) is 10.8 Å². The lowest BCUT2D eigenvalue weighted by Gasteiger charge is -2.03. The summed E-state index contributed by atoms with van der Waals surface area (Å²) >= 11 is 1.21. The summed E-state index contributed by atoms with van der Waals surface area (Å²) in [5.74, 6) is -0.412. The number of benzene rings is 1. The molecule has 0 bridgehead atoms. The molecule has 1 aromatic carbocycles. The number of rotatable bonds is 6. The molecule has 0 aliphatic heterocycles. The predicted molar refractivity (Wildman–Crippen MR) is 78.8 cm³/mol. The average Bonchev–Trinajstić information content (AvgIpc) is 2.85. The molecule has 0 fully saturated rings. The molecule has 0 unspecified atom stereocenters. The smallest absolute Gasteiger partial charge is 0.309 e. The van der Waals surface area contributed by atoms with Gasteiger partial charge in [0, 0.05) is 5.38 Å². The Morgan fingerprint density at radius 2 is 2.00 bits per heavy atom. The molecule has 0 spiro atoms. The summed E-state index contributed by atoms with van der Waals surface area (Å²) in [5.41, 5.74) is 1.29. The van der Waals surface area contributed by atoms with E-state index in [0.717, 1.165) is 11.3 Å². The monoisotopic (exact) mass is 306 g/mol. The minimum absolute atomic E-state index is 0.148. The van der Waals surface area contributed by atoms with Crippen LogP contribution in [0.4, 0.5) is 5.13 Å². The summed E-state index contributed by atoms with van der Waals surface area (Å²) in [6.45, 7) is 0. The van der Waals surface area contributed by atoms with Crippen molar-refractivity contribution in [3.8, 4) is 5.75 Å². The fourth-order valence-corrected chi connectivity index (χ4v) is 2.42. The number of hydrogen-bond acceptors (Lipinski definition) is 5. The van der Waals surface area contributed by atoms with Gasteiger partial charge >= 0.3 is 5.97 Å². The number of carboxylic acid groups (broad SMARTS) is 1. The third kappa shape index (κ3) is 4.57. The molecule has 0 saturated carbocycles. The van der Waals surface area contributed by atoms with Crippen LogP contribution in [-0.4, -0.2) is 29.1 Å². The van der Waals surface area contributed by atoms with Crippen LogP contribution >= 0.6 is 11.3 Å². The van der Waals surface area contributed by atoms with Crippen molar-refractivity contribution in [2.45, 2.75) is 12.8 Å². The van der Waals surface area contributed by atoms with Crippen molar-refractivity contribution in [1.29, 1.82) is 0 Å². The number of carbonyl (C=O) groups excluding carboxylic acids is 1. The number of thiazole rings is 1.